The van der Waals surface area contributed by atoms with Gasteiger partial charge in [-0.3, -0.25) is 4.79 Å². The minimum Gasteiger partial charge on any atom is -0.493 e. The van der Waals surface area contributed by atoms with Gasteiger partial charge in [0.1, 0.15) is 10.6 Å². The zero-order valence-corrected chi connectivity index (χ0v) is 16.3. The molecule has 1 N–H and O–H groups in total. The van der Waals surface area contributed by atoms with Crippen LogP contribution in [-0.4, -0.2) is 17.5 Å². The van der Waals surface area contributed by atoms with Crippen molar-refractivity contribution >= 4 is 17.2 Å². The molecular formula is C23H18N2O3S. The van der Waals surface area contributed by atoms with E-state index in [4.69, 9.17) is 14.1 Å². The van der Waals surface area contributed by atoms with Crippen LogP contribution in [0.4, 0.5) is 0 Å². The summed E-state index contributed by atoms with van der Waals surface area (Å²) in [6.45, 7) is 0.577. The van der Waals surface area contributed by atoms with E-state index < -0.39 is 0 Å². The molecule has 144 valence electrons. The topological polar surface area (TPSA) is 64.4 Å². The van der Waals surface area contributed by atoms with E-state index in [9.17, 15) is 4.79 Å². The number of nitrogens with one attached hydrogen (secondary N) is 1. The first-order valence-corrected chi connectivity index (χ1v) is 10.2. The van der Waals surface area contributed by atoms with Gasteiger partial charge in [0.2, 0.25) is 0 Å². The highest BCUT2D eigenvalue weighted by Gasteiger charge is 2.27. The minimum atomic E-state index is -0.138. The Labute approximate surface area is 172 Å². The quantitative estimate of drug-likeness (QED) is 0.501. The Morgan fingerprint density at radius 2 is 1.86 bits per heavy atom. The average Bonchev–Trinajstić information content (AvgIpc) is 3.45. The number of carbonyl (C=O) groups excluding carboxylic acids is 1. The fourth-order valence-corrected chi connectivity index (χ4v) is 4.45. The lowest BCUT2D eigenvalue weighted by molar-refractivity contribution is 0.0929. The SMILES string of the molecule is O=C(NC1CCOc2ccccc21)c1sc(-c2ccco2)nc1-c1ccccc1. The van der Waals surface area contributed by atoms with E-state index in [2.05, 4.69) is 5.32 Å². The Hall–Kier alpha value is -3.38. The minimum absolute atomic E-state index is 0.0924. The summed E-state index contributed by atoms with van der Waals surface area (Å²) < 4.78 is 11.2. The van der Waals surface area contributed by atoms with Crippen molar-refractivity contribution in [3.8, 4) is 27.8 Å². The van der Waals surface area contributed by atoms with Gasteiger partial charge in [0, 0.05) is 17.5 Å². The first kappa shape index (κ1) is 17.7. The number of fused-ring (bicyclic) bond motifs is 1. The summed E-state index contributed by atoms with van der Waals surface area (Å²) in [6, 6.07) is 21.2. The molecule has 4 aromatic rings. The van der Waals surface area contributed by atoms with Crippen molar-refractivity contribution in [3.63, 3.8) is 0 Å². The third kappa shape index (κ3) is 3.43. The summed E-state index contributed by atoms with van der Waals surface area (Å²) in [5, 5.41) is 3.87. The molecule has 0 saturated carbocycles. The number of thiazole rings is 1. The molecule has 0 saturated heterocycles. The van der Waals surface area contributed by atoms with E-state index in [1.165, 1.54) is 11.3 Å². The molecule has 1 unspecified atom stereocenters. The Morgan fingerprint density at radius 1 is 1.03 bits per heavy atom. The molecule has 29 heavy (non-hydrogen) atoms. The van der Waals surface area contributed by atoms with Crippen LogP contribution in [0.2, 0.25) is 0 Å². The summed E-state index contributed by atoms with van der Waals surface area (Å²) in [4.78, 5) is 18.6. The van der Waals surface area contributed by atoms with Gasteiger partial charge in [0.05, 0.1) is 24.6 Å². The number of benzene rings is 2. The number of hydrogen-bond acceptors (Lipinski definition) is 5. The third-order valence-corrected chi connectivity index (χ3v) is 5.95. The van der Waals surface area contributed by atoms with Gasteiger partial charge in [-0.15, -0.1) is 11.3 Å². The fourth-order valence-electron chi connectivity index (χ4n) is 3.49. The van der Waals surface area contributed by atoms with E-state index in [0.717, 1.165) is 23.3 Å². The van der Waals surface area contributed by atoms with Crippen molar-refractivity contribution in [1.29, 1.82) is 0 Å². The van der Waals surface area contributed by atoms with E-state index in [1.54, 1.807) is 6.26 Å². The van der Waals surface area contributed by atoms with Crippen LogP contribution in [0.5, 0.6) is 5.75 Å². The average molecular weight is 402 g/mol. The Balaban J connectivity index is 1.51. The van der Waals surface area contributed by atoms with Gasteiger partial charge in [0.15, 0.2) is 10.8 Å². The largest absolute Gasteiger partial charge is 0.493 e. The summed E-state index contributed by atoms with van der Waals surface area (Å²) in [5.41, 5.74) is 2.57. The number of ether oxygens (including phenoxy) is 1. The van der Waals surface area contributed by atoms with E-state index in [-0.39, 0.29) is 11.9 Å². The summed E-state index contributed by atoms with van der Waals surface area (Å²) in [7, 11) is 0. The number of rotatable bonds is 4. The van der Waals surface area contributed by atoms with Crippen LogP contribution < -0.4 is 10.1 Å². The number of carbonyl (C=O) groups is 1. The van der Waals surface area contributed by atoms with Crippen molar-refractivity contribution < 1.29 is 13.9 Å². The number of furan rings is 1. The molecule has 0 radical (unpaired) electrons. The molecule has 2 aromatic heterocycles. The maximum atomic E-state index is 13.3. The molecule has 0 aliphatic carbocycles. The van der Waals surface area contributed by atoms with Gasteiger partial charge in [-0.2, -0.15) is 0 Å². The van der Waals surface area contributed by atoms with Crippen molar-refractivity contribution in [1.82, 2.24) is 10.3 Å². The number of amides is 1. The second-order valence-corrected chi connectivity index (χ2v) is 7.74. The summed E-state index contributed by atoms with van der Waals surface area (Å²) >= 11 is 1.34. The first-order chi connectivity index (χ1) is 14.3. The number of nitrogens with zero attached hydrogens (tertiary/aromatic N) is 1. The van der Waals surface area contributed by atoms with Gasteiger partial charge in [0.25, 0.3) is 5.91 Å². The Kier molecular flexibility index (Phi) is 4.62. The molecule has 5 rings (SSSR count). The second kappa shape index (κ2) is 7.56. The standard InChI is InChI=1S/C23H18N2O3S/c26-22(24-17-12-14-28-18-10-5-4-9-16(17)18)21-20(15-7-2-1-3-8-15)25-23(29-21)19-11-6-13-27-19/h1-11,13,17H,12,14H2,(H,24,26). The van der Waals surface area contributed by atoms with Crippen molar-refractivity contribution in [2.75, 3.05) is 6.61 Å². The Bertz CT molecular complexity index is 1140. The molecule has 5 nitrogen and oxygen atoms in total. The summed E-state index contributed by atoms with van der Waals surface area (Å²) in [6.07, 6.45) is 2.34. The smallest absolute Gasteiger partial charge is 0.264 e. The molecule has 6 heteroatoms. The lowest BCUT2D eigenvalue weighted by Gasteiger charge is -2.26. The maximum Gasteiger partial charge on any atom is 0.264 e. The van der Waals surface area contributed by atoms with Crippen LogP contribution in [0, 0.1) is 0 Å². The van der Waals surface area contributed by atoms with Crippen LogP contribution in [0.3, 0.4) is 0 Å². The van der Waals surface area contributed by atoms with Crippen molar-refractivity contribution in [2.45, 2.75) is 12.5 Å². The van der Waals surface area contributed by atoms with Gasteiger partial charge >= 0.3 is 0 Å². The van der Waals surface area contributed by atoms with Gasteiger partial charge in [-0.1, -0.05) is 48.5 Å². The Morgan fingerprint density at radius 3 is 2.69 bits per heavy atom. The molecule has 3 heterocycles. The fraction of sp³-hybridized carbons (Fsp3) is 0.130. The van der Waals surface area contributed by atoms with Crippen LogP contribution in [0.25, 0.3) is 22.0 Å². The predicted molar refractivity (Wildman–Crippen MR) is 112 cm³/mol. The second-order valence-electron chi connectivity index (χ2n) is 6.74. The van der Waals surface area contributed by atoms with Crippen molar-refractivity contribution in [3.05, 3.63) is 83.4 Å². The zero-order chi connectivity index (χ0) is 19.6. The molecule has 0 fully saturated rings. The van der Waals surface area contributed by atoms with E-state index in [0.29, 0.717) is 27.9 Å². The van der Waals surface area contributed by atoms with Crippen molar-refractivity contribution in [2.24, 2.45) is 0 Å². The van der Waals surface area contributed by atoms with Gasteiger partial charge in [-0.25, -0.2) is 4.98 Å². The molecule has 1 aliphatic rings. The highest BCUT2D eigenvalue weighted by atomic mass is 32.1. The molecule has 1 atom stereocenters. The molecule has 2 aromatic carbocycles. The van der Waals surface area contributed by atoms with Crippen LogP contribution >= 0.6 is 11.3 Å². The zero-order valence-electron chi connectivity index (χ0n) is 15.5. The predicted octanol–water partition coefficient (Wildman–Crippen LogP) is 5.32. The molecule has 1 amide bonds. The van der Waals surface area contributed by atoms with Gasteiger partial charge in [-0.05, 0) is 18.2 Å². The third-order valence-electron chi connectivity index (χ3n) is 4.88. The normalized spacial score (nSPS) is 15.4. The maximum absolute atomic E-state index is 13.3. The van der Waals surface area contributed by atoms with Crippen LogP contribution in [-0.2, 0) is 0 Å². The molecule has 0 spiro atoms. The van der Waals surface area contributed by atoms with E-state index in [1.807, 2.05) is 66.7 Å². The lowest BCUT2D eigenvalue weighted by Crippen LogP contribution is -2.32. The highest BCUT2D eigenvalue weighted by molar-refractivity contribution is 7.17. The monoisotopic (exact) mass is 402 g/mol. The number of aromatic nitrogens is 1. The van der Waals surface area contributed by atoms with Crippen LogP contribution in [0.15, 0.2) is 77.4 Å². The highest BCUT2D eigenvalue weighted by Crippen LogP contribution is 2.36. The molecular weight excluding hydrogens is 384 g/mol. The first-order valence-electron chi connectivity index (χ1n) is 9.42. The molecule has 1 aliphatic heterocycles. The lowest BCUT2D eigenvalue weighted by atomic mass is 10.0. The van der Waals surface area contributed by atoms with Gasteiger partial charge < -0.3 is 14.5 Å². The van der Waals surface area contributed by atoms with E-state index >= 15 is 0 Å². The number of hydrogen-bond donors (Lipinski definition) is 1. The number of para-hydroxylation sites is 1. The van der Waals surface area contributed by atoms with Crippen LogP contribution in [0.1, 0.15) is 27.7 Å². The molecule has 0 bridgehead atoms. The summed E-state index contributed by atoms with van der Waals surface area (Å²) in [5.74, 6) is 1.34.